The Hall–Kier alpha value is -2.87. The van der Waals surface area contributed by atoms with Crippen molar-refractivity contribution in [1.82, 2.24) is 14.7 Å². The van der Waals surface area contributed by atoms with Crippen LogP contribution in [0, 0.1) is 6.92 Å². The molecule has 0 saturated carbocycles. The van der Waals surface area contributed by atoms with E-state index in [2.05, 4.69) is 5.10 Å². The molecule has 1 N–H and O–H groups in total. The largest absolute Gasteiger partial charge is 0.478 e. The van der Waals surface area contributed by atoms with Crippen LogP contribution in [0.2, 0.25) is 15.1 Å². The Morgan fingerprint density at radius 2 is 1.77 bits per heavy atom. The lowest BCUT2D eigenvalue weighted by molar-refractivity contribution is 0.0695. The van der Waals surface area contributed by atoms with Gasteiger partial charge in [0.2, 0.25) is 0 Å². The summed E-state index contributed by atoms with van der Waals surface area (Å²) in [6.07, 6.45) is 1.65. The van der Waals surface area contributed by atoms with Crippen LogP contribution >= 0.6 is 34.8 Å². The molecule has 7 nitrogen and oxygen atoms in total. The molecular weight excluding hydrogens is 513 g/mol. The first-order valence-electron chi connectivity index (χ1n) is 10.9. The molecule has 184 valence electrons. The van der Waals surface area contributed by atoms with Crippen LogP contribution in [0.4, 0.5) is 0 Å². The number of amides is 1. The van der Waals surface area contributed by atoms with Crippen molar-refractivity contribution in [2.45, 2.75) is 40.2 Å². The highest BCUT2D eigenvalue weighted by Crippen LogP contribution is 2.28. The third kappa shape index (κ3) is 5.86. The van der Waals surface area contributed by atoms with Crippen molar-refractivity contribution < 1.29 is 19.5 Å². The second-order valence-corrected chi connectivity index (χ2v) is 9.27. The number of carbonyl (C=O) groups excluding carboxylic acids is 2. The summed E-state index contributed by atoms with van der Waals surface area (Å²) >= 11 is 18.7. The van der Waals surface area contributed by atoms with Gasteiger partial charge in [0.05, 0.1) is 32.0 Å². The molecule has 0 saturated heterocycles. The molecule has 3 aromatic rings. The summed E-state index contributed by atoms with van der Waals surface area (Å²) in [7, 11) is 0. The van der Waals surface area contributed by atoms with Crippen LogP contribution in [0.1, 0.15) is 69.2 Å². The number of aromatic carboxylic acids is 1. The summed E-state index contributed by atoms with van der Waals surface area (Å²) in [4.78, 5) is 38.8. The zero-order valence-corrected chi connectivity index (χ0v) is 21.7. The lowest BCUT2D eigenvalue weighted by Crippen LogP contribution is -2.32. The molecule has 0 atom stereocenters. The summed E-state index contributed by atoms with van der Waals surface area (Å²) in [5, 5.41) is 14.7. The average molecular weight is 537 g/mol. The standard InChI is InChI=1S/C25H24Cl3N3O4/c1-4-5-10-30(13-16-6-8-19(26)20(27)11-16)24(33)23-22(28)14(2)31(29-23)21-9-7-17(25(34)35)12-18(21)15(3)32/h6-9,11-12H,4-5,10,13H2,1-3H3,(H,34,35). The van der Waals surface area contributed by atoms with E-state index in [4.69, 9.17) is 34.8 Å². The van der Waals surface area contributed by atoms with Crippen LogP contribution in [-0.2, 0) is 6.54 Å². The zero-order chi connectivity index (χ0) is 25.9. The molecule has 1 heterocycles. The molecule has 0 bridgehead atoms. The van der Waals surface area contributed by atoms with Crippen molar-refractivity contribution >= 4 is 52.5 Å². The maximum atomic E-state index is 13.5. The van der Waals surface area contributed by atoms with E-state index in [0.717, 1.165) is 18.4 Å². The molecule has 10 heteroatoms. The zero-order valence-electron chi connectivity index (χ0n) is 19.4. The fourth-order valence-corrected chi connectivity index (χ4v) is 4.12. The van der Waals surface area contributed by atoms with E-state index < -0.39 is 5.97 Å². The summed E-state index contributed by atoms with van der Waals surface area (Å²) in [6, 6.07) is 9.33. The van der Waals surface area contributed by atoms with Gasteiger partial charge in [0, 0.05) is 18.7 Å². The highest BCUT2D eigenvalue weighted by atomic mass is 35.5. The van der Waals surface area contributed by atoms with E-state index in [1.165, 1.54) is 29.8 Å². The van der Waals surface area contributed by atoms with Gasteiger partial charge in [0.15, 0.2) is 11.5 Å². The molecule has 1 aromatic heterocycles. The molecule has 0 aliphatic rings. The lowest BCUT2D eigenvalue weighted by Gasteiger charge is -2.22. The van der Waals surface area contributed by atoms with Crippen molar-refractivity contribution in [1.29, 1.82) is 0 Å². The van der Waals surface area contributed by atoms with Crippen LogP contribution < -0.4 is 0 Å². The Kier molecular flexibility index (Phi) is 8.59. The summed E-state index contributed by atoms with van der Waals surface area (Å²) in [5.74, 6) is -1.87. The number of nitrogens with zero attached hydrogens (tertiary/aromatic N) is 3. The number of carboxylic acids is 1. The molecule has 0 radical (unpaired) electrons. The normalized spacial score (nSPS) is 10.9. The first-order valence-corrected chi connectivity index (χ1v) is 12.1. The molecule has 0 fully saturated rings. The lowest BCUT2D eigenvalue weighted by atomic mass is 10.1. The predicted molar refractivity (Wildman–Crippen MR) is 136 cm³/mol. The number of Topliss-reactive ketones (excluding diaryl/α,β-unsaturated/α-hetero) is 1. The van der Waals surface area contributed by atoms with E-state index in [9.17, 15) is 19.5 Å². The van der Waals surface area contributed by atoms with Crippen LogP contribution in [-0.4, -0.2) is 44.0 Å². The number of benzene rings is 2. The third-order valence-electron chi connectivity index (χ3n) is 5.52. The number of hydrogen-bond acceptors (Lipinski definition) is 4. The molecule has 1 amide bonds. The van der Waals surface area contributed by atoms with E-state index in [1.807, 2.05) is 6.92 Å². The SMILES string of the molecule is CCCCN(Cc1ccc(Cl)c(Cl)c1)C(=O)c1nn(-c2ccc(C(=O)O)cc2C(C)=O)c(C)c1Cl. The van der Waals surface area contributed by atoms with Crippen molar-refractivity contribution in [2.24, 2.45) is 0 Å². The molecule has 3 rings (SSSR count). The summed E-state index contributed by atoms with van der Waals surface area (Å²) < 4.78 is 1.40. The first kappa shape index (κ1) is 26.7. The van der Waals surface area contributed by atoms with Crippen LogP contribution in [0.3, 0.4) is 0 Å². The third-order valence-corrected chi connectivity index (χ3v) is 6.71. The maximum absolute atomic E-state index is 13.5. The summed E-state index contributed by atoms with van der Waals surface area (Å²) in [5.41, 5.74) is 1.76. The van der Waals surface area contributed by atoms with Gasteiger partial charge in [-0.05, 0) is 56.2 Å². The number of aromatic nitrogens is 2. The molecule has 2 aromatic carbocycles. The van der Waals surface area contributed by atoms with E-state index >= 15 is 0 Å². The van der Waals surface area contributed by atoms with Gasteiger partial charge in [0.25, 0.3) is 5.91 Å². The second-order valence-electron chi connectivity index (χ2n) is 8.08. The van der Waals surface area contributed by atoms with Gasteiger partial charge in [-0.3, -0.25) is 9.59 Å². The topological polar surface area (TPSA) is 92.5 Å². The fraction of sp³-hybridized carbons (Fsp3) is 0.280. The van der Waals surface area contributed by atoms with E-state index in [1.54, 1.807) is 30.0 Å². The number of carbonyl (C=O) groups is 3. The number of rotatable bonds is 9. The van der Waals surface area contributed by atoms with Crippen molar-refractivity contribution in [3.8, 4) is 5.69 Å². The molecule has 0 aliphatic heterocycles. The van der Waals surface area contributed by atoms with Crippen LogP contribution in [0.5, 0.6) is 0 Å². The van der Waals surface area contributed by atoms with Gasteiger partial charge in [-0.15, -0.1) is 0 Å². The molecule has 0 spiro atoms. The van der Waals surface area contributed by atoms with Gasteiger partial charge >= 0.3 is 5.97 Å². The Morgan fingerprint density at radius 3 is 2.37 bits per heavy atom. The Bertz CT molecular complexity index is 1300. The van der Waals surface area contributed by atoms with Gasteiger partial charge in [-0.1, -0.05) is 54.2 Å². The molecule has 0 unspecified atom stereocenters. The van der Waals surface area contributed by atoms with E-state index in [0.29, 0.717) is 28.0 Å². The van der Waals surface area contributed by atoms with Crippen molar-refractivity contribution in [2.75, 3.05) is 6.54 Å². The van der Waals surface area contributed by atoms with Crippen LogP contribution in [0.25, 0.3) is 5.69 Å². The minimum absolute atomic E-state index is 0.0291. The monoisotopic (exact) mass is 535 g/mol. The van der Waals surface area contributed by atoms with Crippen molar-refractivity contribution in [3.05, 3.63) is 79.5 Å². The molecular formula is C25H24Cl3N3O4. The molecule has 35 heavy (non-hydrogen) atoms. The van der Waals surface area contributed by atoms with Crippen LogP contribution in [0.15, 0.2) is 36.4 Å². The highest BCUT2D eigenvalue weighted by Gasteiger charge is 2.26. The number of ketones is 1. The Labute approximate surface area is 218 Å². The summed E-state index contributed by atoms with van der Waals surface area (Å²) in [6.45, 7) is 5.79. The highest BCUT2D eigenvalue weighted by molar-refractivity contribution is 6.42. The van der Waals surface area contributed by atoms with Gasteiger partial charge < -0.3 is 10.0 Å². The van der Waals surface area contributed by atoms with Gasteiger partial charge in [-0.2, -0.15) is 5.10 Å². The van der Waals surface area contributed by atoms with Gasteiger partial charge in [0.1, 0.15) is 0 Å². The quantitative estimate of drug-likeness (QED) is 0.316. The number of hydrogen-bond donors (Lipinski definition) is 1. The second kappa shape index (κ2) is 11.2. The predicted octanol–water partition coefficient (Wildman–Crippen LogP) is 6.48. The van der Waals surface area contributed by atoms with Crippen molar-refractivity contribution in [3.63, 3.8) is 0 Å². The number of unbranched alkanes of at least 4 members (excludes halogenated alkanes) is 1. The maximum Gasteiger partial charge on any atom is 0.335 e. The minimum Gasteiger partial charge on any atom is -0.478 e. The first-order chi connectivity index (χ1) is 16.5. The fourth-order valence-electron chi connectivity index (χ4n) is 3.60. The number of halogens is 3. The van der Waals surface area contributed by atoms with E-state index in [-0.39, 0.29) is 40.1 Å². The van der Waals surface area contributed by atoms with Gasteiger partial charge in [-0.25, -0.2) is 9.48 Å². The Balaban J connectivity index is 2.03. The minimum atomic E-state index is -1.15. The Morgan fingerprint density at radius 1 is 1.06 bits per heavy atom. The average Bonchev–Trinajstić information content (AvgIpc) is 3.12. The molecule has 0 aliphatic carbocycles. The number of carboxylic acid groups (broad SMARTS) is 1. The smallest absolute Gasteiger partial charge is 0.335 e.